The van der Waals surface area contributed by atoms with Crippen LogP contribution in [0.1, 0.15) is 53.2 Å². The summed E-state index contributed by atoms with van der Waals surface area (Å²) in [6.07, 6.45) is 9.57. The molecule has 1 aromatic carbocycles. The molecule has 2 aromatic rings. The Morgan fingerprint density at radius 2 is 1.94 bits per heavy atom. The van der Waals surface area contributed by atoms with Crippen LogP contribution in [0.4, 0.5) is 5.95 Å². The van der Waals surface area contributed by atoms with E-state index >= 15 is 0 Å². The molecule has 1 amide bonds. The lowest BCUT2D eigenvalue weighted by Crippen LogP contribution is -2.41. The van der Waals surface area contributed by atoms with Crippen molar-refractivity contribution in [3.05, 3.63) is 52.8 Å². The molecular weight excluding hydrogens is 402 g/mol. The first-order chi connectivity index (χ1) is 15.5. The smallest absolute Gasteiger partial charge is 0.254 e. The molecule has 1 aliphatic heterocycles. The summed E-state index contributed by atoms with van der Waals surface area (Å²) in [7, 11) is 3.59. The number of ether oxygens (including phenoxy) is 1. The van der Waals surface area contributed by atoms with E-state index in [4.69, 9.17) is 4.74 Å². The number of aromatic nitrogens is 2. The molecule has 0 saturated heterocycles. The summed E-state index contributed by atoms with van der Waals surface area (Å²) in [5, 5.41) is 3.01. The van der Waals surface area contributed by atoms with Gasteiger partial charge in [0.25, 0.3) is 5.91 Å². The van der Waals surface area contributed by atoms with Crippen molar-refractivity contribution in [2.45, 2.75) is 57.7 Å². The van der Waals surface area contributed by atoms with E-state index in [0.717, 1.165) is 31.0 Å². The van der Waals surface area contributed by atoms with E-state index in [1.54, 1.807) is 19.5 Å². The van der Waals surface area contributed by atoms with Crippen molar-refractivity contribution in [1.29, 1.82) is 0 Å². The summed E-state index contributed by atoms with van der Waals surface area (Å²) >= 11 is 0. The first-order valence-electron chi connectivity index (χ1n) is 11.7. The highest BCUT2D eigenvalue weighted by Gasteiger charge is 2.26. The number of fused-ring (bicyclic) bond motifs is 1. The van der Waals surface area contributed by atoms with Gasteiger partial charge in [0, 0.05) is 58.8 Å². The topological polar surface area (TPSA) is 70.6 Å². The van der Waals surface area contributed by atoms with E-state index in [1.165, 1.54) is 36.9 Å². The molecule has 32 heavy (non-hydrogen) atoms. The minimum absolute atomic E-state index is 0.0776. The minimum atomic E-state index is -0.157. The number of carbonyl (C=O) groups excluding carboxylic acids is 1. The molecule has 2 aliphatic rings. The number of carbonyl (C=O) groups is 1. The maximum absolute atomic E-state index is 12.6. The Labute approximate surface area is 191 Å². The summed E-state index contributed by atoms with van der Waals surface area (Å²) < 4.78 is 5.28. The molecule has 1 aromatic heterocycles. The Morgan fingerprint density at radius 1 is 1.22 bits per heavy atom. The minimum Gasteiger partial charge on any atom is -0.380 e. The molecule has 0 radical (unpaired) electrons. The van der Waals surface area contributed by atoms with Crippen molar-refractivity contribution in [1.82, 2.24) is 20.2 Å². The van der Waals surface area contributed by atoms with Crippen molar-refractivity contribution in [3.63, 3.8) is 0 Å². The molecule has 1 saturated carbocycles. The highest BCUT2D eigenvalue weighted by atomic mass is 16.5. The molecule has 172 valence electrons. The monoisotopic (exact) mass is 437 g/mol. The van der Waals surface area contributed by atoms with Gasteiger partial charge in [0.15, 0.2) is 0 Å². The summed E-state index contributed by atoms with van der Waals surface area (Å²) in [6, 6.07) is 7.46. The third-order valence-electron chi connectivity index (χ3n) is 6.83. The molecule has 4 rings (SSSR count). The number of likely N-dealkylation sites (N-methyl/N-ethyl adjacent to an activating group) is 1. The molecule has 1 unspecified atom stereocenters. The number of anilines is 1. The molecule has 1 aliphatic carbocycles. The zero-order chi connectivity index (χ0) is 22.5. The fourth-order valence-corrected chi connectivity index (χ4v) is 4.48. The van der Waals surface area contributed by atoms with Gasteiger partial charge in [-0.25, -0.2) is 9.97 Å². The number of nitrogens with zero attached hydrogens (tertiary/aromatic N) is 4. The maximum atomic E-state index is 12.6. The highest BCUT2D eigenvalue weighted by molar-refractivity contribution is 5.93. The quantitative estimate of drug-likeness (QED) is 0.685. The fraction of sp³-hybridized carbons (Fsp3) is 0.560. The summed E-state index contributed by atoms with van der Waals surface area (Å²) in [4.78, 5) is 25.8. The van der Waals surface area contributed by atoms with Gasteiger partial charge in [-0.15, -0.1) is 0 Å². The van der Waals surface area contributed by atoms with Crippen LogP contribution in [0.5, 0.6) is 0 Å². The first kappa shape index (κ1) is 22.7. The van der Waals surface area contributed by atoms with Gasteiger partial charge >= 0.3 is 0 Å². The molecule has 1 N–H and O–H groups in total. The first-order valence-corrected chi connectivity index (χ1v) is 11.7. The average Bonchev–Trinajstić information content (AvgIpc) is 2.98. The highest BCUT2D eigenvalue weighted by Crippen LogP contribution is 2.27. The number of methoxy groups -OCH3 is 1. The van der Waals surface area contributed by atoms with Crippen LogP contribution in [-0.2, 0) is 24.1 Å². The Hall–Kier alpha value is -2.51. The van der Waals surface area contributed by atoms with Crippen LogP contribution in [0.15, 0.2) is 30.6 Å². The fourth-order valence-electron chi connectivity index (χ4n) is 4.48. The molecule has 1 atom stereocenters. The number of benzene rings is 1. The van der Waals surface area contributed by atoms with E-state index in [9.17, 15) is 4.79 Å². The van der Waals surface area contributed by atoms with Crippen LogP contribution in [0.25, 0.3) is 0 Å². The van der Waals surface area contributed by atoms with E-state index in [-0.39, 0.29) is 12.0 Å². The molecule has 0 bridgehead atoms. The summed E-state index contributed by atoms with van der Waals surface area (Å²) in [5.74, 6) is 0.419. The Balaban J connectivity index is 1.31. The number of hydrogen-bond acceptors (Lipinski definition) is 6. The van der Waals surface area contributed by atoms with Gasteiger partial charge in [-0.05, 0) is 49.3 Å². The van der Waals surface area contributed by atoms with Crippen LogP contribution >= 0.6 is 0 Å². The predicted octanol–water partition coefficient (Wildman–Crippen LogP) is 2.83. The van der Waals surface area contributed by atoms with Crippen LogP contribution in [-0.4, -0.2) is 66.7 Å². The van der Waals surface area contributed by atoms with Crippen LogP contribution in [0.3, 0.4) is 0 Å². The lowest BCUT2D eigenvalue weighted by molar-refractivity contribution is 0.0950. The molecule has 0 spiro atoms. The predicted molar refractivity (Wildman–Crippen MR) is 126 cm³/mol. The maximum Gasteiger partial charge on any atom is 0.254 e. The third kappa shape index (κ3) is 5.45. The van der Waals surface area contributed by atoms with Crippen LogP contribution in [0, 0.1) is 0 Å². The summed E-state index contributed by atoms with van der Waals surface area (Å²) in [6.45, 7) is 5.49. The molecular formula is C25H35N5O2. The molecule has 7 nitrogen and oxygen atoms in total. The average molecular weight is 438 g/mol. The molecule has 7 heteroatoms. The van der Waals surface area contributed by atoms with Crippen LogP contribution < -0.4 is 10.2 Å². The Bertz CT molecular complexity index is 913. The van der Waals surface area contributed by atoms with Gasteiger partial charge < -0.3 is 15.0 Å². The van der Waals surface area contributed by atoms with Gasteiger partial charge in [0.05, 0.1) is 11.7 Å². The SMILES string of the molecule is COC(C)CN(C)c1ncc(C(=O)NCc2ccc3c(c2)CCN(C2CCC2)CC3)cn1. The zero-order valence-corrected chi connectivity index (χ0v) is 19.5. The number of nitrogens with one attached hydrogen (secondary N) is 1. The zero-order valence-electron chi connectivity index (χ0n) is 19.5. The van der Waals surface area contributed by atoms with Crippen molar-refractivity contribution in [3.8, 4) is 0 Å². The van der Waals surface area contributed by atoms with Crippen molar-refractivity contribution in [2.75, 3.05) is 38.7 Å². The van der Waals surface area contributed by atoms with Gasteiger partial charge in [0.1, 0.15) is 0 Å². The van der Waals surface area contributed by atoms with Crippen molar-refractivity contribution < 1.29 is 9.53 Å². The third-order valence-corrected chi connectivity index (χ3v) is 6.83. The number of rotatable bonds is 8. The second-order valence-corrected chi connectivity index (χ2v) is 9.11. The lowest BCUT2D eigenvalue weighted by Gasteiger charge is -2.36. The second kappa shape index (κ2) is 10.4. The largest absolute Gasteiger partial charge is 0.380 e. The van der Waals surface area contributed by atoms with Gasteiger partial charge in [-0.3, -0.25) is 9.69 Å². The number of amides is 1. The van der Waals surface area contributed by atoms with E-state index < -0.39 is 0 Å². The van der Waals surface area contributed by atoms with E-state index in [2.05, 4.69) is 38.4 Å². The van der Waals surface area contributed by atoms with Crippen LogP contribution in [0.2, 0.25) is 0 Å². The van der Waals surface area contributed by atoms with Gasteiger partial charge in [0.2, 0.25) is 5.95 Å². The lowest BCUT2D eigenvalue weighted by atomic mass is 9.91. The van der Waals surface area contributed by atoms with E-state index in [1.807, 2.05) is 18.9 Å². The normalized spacial score (nSPS) is 17.7. The van der Waals surface area contributed by atoms with Gasteiger partial charge in [-0.1, -0.05) is 24.6 Å². The Kier molecular flexibility index (Phi) is 7.37. The van der Waals surface area contributed by atoms with E-state index in [0.29, 0.717) is 24.6 Å². The van der Waals surface area contributed by atoms with Crippen molar-refractivity contribution in [2.24, 2.45) is 0 Å². The molecule has 2 heterocycles. The molecule has 1 fully saturated rings. The number of hydrogen-bond donors (Lipinski definition) is 1. The van der Waals surface area contributed by atoms with Gasteiger partial charge in [-0.2, -0.15) is 0 Å². The van der Waals surface area contributed by atoms with Crippen molar-refractivity contribution >= 4 is 11.9 Å². The second-order valence-electron chi connectivity index (χ2n) is 9.11. The summed E-state index contributed by atoms with van der Waals surface area (Å²) in [5.41, 5.74) is 4.49. The standard InChI is InChI=1S/C25H35N5O2/c1-18(32-3)17-29(2)25-27-15-22(16-28-25)24(31)26-14-19-7-8-20-9-11-30(23-5-4-6-23)12-10-21(20)13-19/h7-8,13,15-16,18,23H,4-6,9-12,14,17H2,1-3H3,(H,26,31). The Morgan fingerprint density at radius 3 is 2.59 bits per heavy atom.